The van der Waals surface area contributed by atoms with E-state index in [1.165, 1.54) is 6.07 Å². The number of rotatable bonds is 6. The highest BCUT2D eigenvalue weighted by Crippen LogP contribution is 2.36. The normalized spacial score (nSPS) is 12.3. The van der Waals surface area contributed by atoms with Crippen molar-refractivity contribution in [2.75, 3.05) is 0 Å². The van der Waals surface area contributed by atoms with E-state index in [0.717, 1.165) is 56.8 Å². The van der Waals surface area contributed by atoms with Crippen molar-refractivity contribution in [2.45, 2.75) is 20.3 Å². The third-order valence-electron chi connectivity index (χ3n) is 5.51. The van der Waals surface area contributed by atoms with Crippen LogP contribution in [0.25, 0.3) is 28.1 Å². The Morgan fingerprint density at radius 3 is 2.44 bits per heavy atom. The molecule has 160 valence electrons. The van der Waals surface area contributed by atoms with Crippen molar-refractivity contribution >= 4 is 34.1 Å². The molecule has 0 saturated heterocycles. The maximum absolute atomic E-state index is 14.0. The second kappa shape index (κ2) is 9.02. The van der Waals surface area contributed by atoms with Gasteiger partial charge in [0.05, 0.1) is 11.7 Å². The molecule has 0 aliphatic heterocycles. The second-order valence-electron chi connectivity index (χ2n) is 7.64. The lowest BCUT2D eigenvalue weighted by Gasteiger charge is -2.17. The highest BCUT2D eigenvalue weighted by molar-refractivity contribution is 6.00. The van der Waals surface area contributed by atoms with Crippen molar-refractivity contribution in [3.8, 4) is 0 Å². The molecule has 0 radical (unpaired) electrons. The molecule has 0 spiro atoms. The number of carboxylic acids is 1. The van der Waals surface area contributed by atoms with Gasteiger partial charge in [-0.3, -0.25) is 5.10 Å². The fourth-order valence-electron chi connectivity index (χ4n) is 3.90. The van der Waals surface area contributed by atoms with E-state index in [1.807, 2.05) is 42.5 Å². The Balaban J connectivity index is 1.92. The van der Waals surface area contributed by atoms with Gasteiger partial charge in [0, 0.05) is 11.5 Å². The molecule has 0 atom stereocenters. The number of carbonyl (C=O) groups is 1. The van der Waals surface area contributed by atoms with Crippen molar-refractivity contribution < 1.29 is 14.3 Å². The van der Waals surface area contributed by atoms with Crippen molar-refractivity contribution in [3.63, 3.8) is 0 Å². The largest absolute Gasteiger partial charge is 0.478 e. The van der Waals surface area contributed by atoms with E-state index in [0.29, 0.717) is 5.56 Å². The first-order chi connectivity index (χ1) is 15.5. The number of benzene rings is 3. The van der Waals surface area contributed by atoms with Crippen LogP contribution in [0, 0.1) is 12.7 Å². The molecule has 0 amide bonds. The Bertz CT molecular complexity index is 1350. The van der Waals surface area contributed by atoms with Crippen molar-refractivity contribution in [2.24, 2.45) is 0 Å². The first-order valence-electron chi connectivity index (χ1n) is 10.4. The van der Waals surface area contributed by atoms with Crippen LogP contribution in [0.3, 0.4) is 0 Å². The third kappa shape index (κ3) is 4.37. The van der Waals surface area contributed by atoms with Crippen LogP contribution < -0.4 is 0 Å². The average Bonchev–Trinajstić information content (AvgIpc) is 3.26. The molecule has 0 bridgehead atoms. The predicted octanol–water partition coefficient (Wildman–Crippen LogP) is 6.48. The number of aromatic amines is 1. The van der Waals surface area contributed by atoms with Gasteiger partial charge in [-0.1, -0.05) is 43.3 Å². The summed E-state index contributed by atoms with van der Waals surface area (Å²) in [4.78, 5) is 10.8. The number of nitrogens with zero attached hydrogens (tertiary/aromatic N) is 1. The van der Waals surface area contributed by atoms with Gasteiger partial charge in [-0.15, -0.1) is 0 Å². The second-order valence-corrected chi connectivity index (χ2v) is 7.64. The Kier molecular flexibility index (Phi) is 5.99. The summed E-state index contributed by atoms with van der Waals surface area (Å²) in [6.45, 7) is 3.86. The minimum atomic E-state index is -0.983. The number of halogens is 1. The summed E-state index contributed by atoms with van der Waals surface area (Å²) in [5.41, 5.74) is 7.52. The molecule has 4 aromatic rings. The first-order valence-corrected chi connectivity index (χ1v) is 10.4. The zero-order valence-corrected chi connectivity index (χ0v) is 17.9. The molecule has 3 aromatic carbocycles. The van der Waals surface area contributed by atoms with Crippen molar-refractivity contribution in [3.05, 3.63) is 107 Å². The average molecular weight is 426 g/mol. The molecule has 1 heterocycles. The smallest absolute Gasteiger partial charge is 0.328 e. The predicted molar refractivity (Wildman–Crippen MR) is 127 cm³/mol. The van der Waals surface area contributed by atoms with Gasteiger partial charge in [-0.05, 0) is 82.6 Å². The van der Waals surface area contributed by atoms with Crippen molar-refractivity contribution in [1.29, 1.82) is 0 Å². The molecular weight excluding hydrogens is 403 g/mol. The van der Waals surface area contributed by atoms with E-state index in [9.17, 15) is 9.18 Å². The van der Waals surface area contributed by atoms with Crippen LogP contribution in [0.2, 0.25) is 0 Å². The zero-order valence-electron chi connectivity index (χ0n) is 17.9. The summed E-state index contributed by atoms with van der Waals surface area (Å²) < 4.78 is 14.0. The molecule has 0 saturated carbocycles. The van der Waals surface area contributed by atoms with E-state index in [4.69, 9.17) is 5.11 Å². The van der Waals surface area contributed by atoms with Gasteiger partial charge in [-0.25, -0.2) is 9.18 Å². The van der Waals surface area contributed by atoms with E-state index < -0.39 is 5.97 Å². The molecule has 0 aliphatic carbocycles. The Labute approximate surface area is 185 Å². The minimum absolute atomic E-state index is 0.222. The van der Waals surface area contributed by atoms with E-state index in [1.54, 1.807) is 19.2 Å². The monoisotopic (exact) mass is 426 g/mol. The molecule has 0 unspecified atom stereocenters. The lowest BCUT2D eigenvalue weighted by atomic mass is 9.87. The maximum atomic E-state index is 14.0. The Hall–Kier alpha value is -3.99. The fraction of sp³-hybridized carbons (Fsp3) is 0.111. The van der Waals surface area contributed by atoms with Crippen LogP contribution in [0.5, 0.6) is 0 Å². The number of fused-ring (bicyclic) bond motifs is 1. The summed E-state index contributed by atoms with van der Waals surface area (Å²) in [6, 6.07) is 19.1. The number of nitrogens with one attached hydrogen (secondary N) is 1. The van der Waals surface area contributed by atoms with E-state index in [-0.39, 0.29) is 5.82 Å². The first kappa shape index (κ1) is 21.2. The van der Waals surface area contributed by atoms with Crippen LogP contribution in [-0.2, 0) is 4.79 Å². The van der Waals surface area contributed by atoms with Crippen LogP contribution in [0.1, 0.15) is 41.2 Å². The zero-order chi connectivity index (χ0) is 22.7. The quantitative estimate of drug-likeness (QED) is 0.274. The van der Waals surface area contributed by atoms with Crippen LogP contribution in [0.15, 0.2) is 72.9 Å². The summed E-state index contributed by atoms with van der Waals surface area (Å²) in [6.07, 6.45) is 5.24. The van der Waals surface area contributed by atoms with Gasteiger partial charge in [0.1, 0.15) is 5.82 Å². The van der Waals surface area contributed by atoms with Gasteiger partial charge < -0.3 is 5.11 Å². The lowest BCUT2D eigenvalue weighted by molar-refractivity contribution is -0.131. The molecule has 5 heteroatoms. The number of aliphatic carboxylic acids is 1. The number of hydrogen-bond donors (Lipinski definition) is 2. The highest BCUT2D eigenvalue weighted by Gasteiger charge is 2.15. The number of aryl methyl sites for hydroxylation is 1. The molecule has 0 aliphatic rings. The molecule has 1 aromatic heterocycles. The molecular formula is C27H23FN2O2. The van der Waals surface area contributed by atoms with Crippen LogP contribution >= 0.6 is 0 Å². The number of H-pyrrole nitrogens is 1. The number of aromatic nitrogens is 2. The van der Waals surface area contributed by atoms with E-state index >= 15 is 0 Å². The van der Waals surface area contributed by atoms with Gasteiger partial charge in [-0.2, -0.15) is 5.10 Å². The fourth-order valence-corrected chi connectivity index (χ4v) is 3.90. The number of hydrogen-bond acceptors (Lipinski definition) is 2. The summed E-state index contributed by atoms with van der Waals surface area (Å²) in [5.74, 6) is -1.21. The van der Waals surface area contributed by atoms with E-state index in [2.05, 4.69) is 29.3 Å². The SMILES string of the molecule is CCC(=C(c1ccc(C=CC(=O)O)cc1)c1ccc2[nH]ncc2c1)c1ccc(F)c(C)c1. The van der Waals surface area contributed by atoms with Crippen LogP contribution in [0.4, 0.5) is 4.39 Å². The highest BCUT2D eigenvalue weighted by atomic mass is 19.1. The molecule has 4 rings (SSSR count). The topological polar surface area (TPSA) is 66.0 Å². The Morgan fingerprint density at radius 1 is 1.03 bits per heavy atom. The number of carboxylic acid groups (broad SMARTS) is 1. The number of allylic oxidation sites excluding steroid dienone is 1. The summed E-state index contributed by atoms with van der Waals surface area (Å²) in [7, 11) is 0. The maximum Gasteiger partial charge on any atom is 0.328 e. The molecule has 32 heavy (non-hydrogen) atoms. The van der Waals surface area contributed by atoms with Gasteiger partial charge in [0.25, 0.3) is 0 Å². The van der Waals surface area contributed by atoms with Crippen molar-refractivity contribution in [1.82, 2.24) is 10.2 Å². The third-order valence-corrected chi connectivity index (χ3v) is 5.51. The van der Waals surface area contributed by atoms with Crippen LogP contribution in [-0.4, -0.2) is 21.3 Å². The lowest BCUT2D eigenvalue weighted by Crippen LogP contribution is -1.96. The van der Waals surface area contributed by atoms with Gasteiger partial charge in [0.15, 0.2) is 0 Å². The van der Waals surface area contributed by atoms with Gasteiger partial charge in [0.2, 0.25) is 0 Å². The van der Waals surface area contributed by atoms with Gasteiger partial charge >= 0.3 is 5.97 Å². The Morgan fingerprint density at radius 2 is 1.75 bits per heavy atom. The standard InChI is InChI=1S/C27H23FN2O2/c1-3-23(20-9-11-24(28)17(2)14-20)27(21-10-12-25-22(15-21)16-29-30-25)19-7-4-18(5-8-19)6-13-26(31)32/h4-16H,3H2,1-2H3,(H,29,30)(H,31,32). The molecule has 4 nitrogen and oxygen atoms in total. The minimum Gasteiger partial charge on any atom is -0.478 e. The molecule has 0 fully saturated rings. The molecule has 2 N–H and O–H groups in total. The summed E-state index contributed by atoms with van der Waals surface area (Å²) >= 11 is 0. The summed E-state index contributed by atoms with van der Waals surface area (Å²) in [5, 5.41) is 17.0.